The van der Waals surface area contributed by atoms with Crippen molar-refractivity contribution >= 4 is 50.4 Å². The van der Waals surface area contributed by atoms with Crippen LogP contribution in [0.2, 0.25) is 0 Å². The highest BCUT2D eigenvalue weighted by Crippen LogP contribution is 2.65. The molecule has 0 saturated carbocycles. The van der Waals surface area contributed by atoms with Crippen LogP contribution >= 0.6 is 11.8 Å². The zero-order valence-corrected chi connectivity index (χ0v) is 33.3. The van der Waals surface area contributed by atoms with Gasteiger partial charge in [0.2, 0.25) is 0 Å². The Morgan fingerprint density at radius 2 is 0.883 bits per heavy atom. The highest BCUT2D eigenvalue weighted by atomic mass is 32.2. The van der Waals surface area contributed by atoms with E-state index in [4.69, 9.17) is 4.74 Å². The van der Waals surface area contributed by atoms with Crippen LogP contribution in [0.25, 0.3) is 54.9 Å². The molecule has 10 aromatic carbocycles. The molecule has 2 heterocycles. The van der Waals surface area contributed by atoms with Crippen molar-refractivity contribution in [1.29, 1.82) is 0 Å². The lowest BCUT2D eigenvalue weighted by Gasteiger charge is -2.41. The second kappa shape index (κ2) is 12.8. The van der Waals surface area contributed by atoms with Crippen molar-refractivity contribution in [3.8, 4) is 44.9 Å². The van der Waals surface area contributed by atoms with E-state index < -0.39 is 5.41 Å². The van der Waals surface area contributed by atoms with Gasteiger partial charge < -0.3 is 9.64 Å². The highest BCUT2D eigenvalue weighted by molar-refractivity contribution is 7.99. The van der Waals surface area contributed by atoms with Gasteiger partial charge in [-0.15, -0.1) is 0 Å². The van der Waals surface area contributed by atoms with Gasteiger partial charge in [-0.3, -0.25) is 0 Å². The van der Waals surface area contributed by atoms with Crippen LogP contribution in [0.5, 0.6) is 11.5 Å². The van der Waals surface area contributed by atoms with Crippen molar-refractivity contribution in [2.75, 3.05) is 4.90 Å². The molecule has 0 amide bonds. The standard InChI is InChI=1S/C57H35NOS/c1-3-13-36(14-4-1)40-25-31-51-53(33-40)60-54-34-41(37-15-5-2-6-16-37)26-32-52(54)58(51)42-27-28-46-45-21-11-12-22-47(45)57(50(46)35-42)48-29-23-38-17-7-9-19-43(38)55(48)59-56-44-20-10-8-18-39(44)24-30-49(56)57/h1-35H. The van der Waals surface area contributed by atoms with Crippen molar-refractivity contribution in [2.24, 2.45) is 0 Å². The second-order valence-electron chi connectivity index (χ2n) is 16.0. The molecule has 3 aliphatic rings. The van der Waals surface area contributed by atoms with Crippen molar-refractivity contribution in [3.63, 3.8) is 0 Å². The summed E-state index contributed by atoms with van der Waals surface area (Å²) in [6.07, 6.45) is 0. The summed E-state index contributed by atoms with van der Waals surface area (Å²) in [5, 5.41) is 4.57. The number of ether oxygens (including phenoxy) is 1. The first-order valence-electron chi connectivity index (χ1n) is 20.6. The fourth-order valence-corrected chi connectivity index (χ4v) is 11.4. The predicted molar refractivity (Wildman–Crippen MR) is 249 cm³/mol. The van der Waals surface area contributed by atoms with E-state index in [0.29, 0.717) is 0 Å². The predicted octanol–water partition coefficient (Wildman–Crippen LogP) is 15.7. The van der Waals surface area contributed by atoms with E-state index in [9.17, 15) is 0 Å². The van der Waals surface area contributed by atoms with Gasteiger partial charge in [-0.05, 0) is 91.7 Å². The number of fused-ring (bicyclic) bond motifs is 15. The number of hydrogen-bond acceptors (Lipinski definition) is 3. The number of nitrogens with zero attached hydrogens (tertiary/aromatic N) is 1. The SMILES string of the molecule is c1ccc(-c2ccc3c(c2)Sc2cc(-c4ccccc4)ccc2N3c2ccc3c(c2)C2(c4ccccc4-3)c3ccc4ccccc4c3Oc3c2ccc2ccccc32)cc1. The minimum atomic E-state index is -0.635. The van der Waals surface area contributed by atoms with E-state index in [1.54, 1.807) is 0 Å². The maximum Gasteiger partial charge on any atom is 0.140 e. The van der Waals surface area contributed by atoms with Gasteiger partial charge in [-0.2, -0.15) is 0 Å². The lowest BCUT2D eigenvalue weighted by molar-refractivity contribution is 0.447. The monoisotopic (exact) mass is 781 g/mol. The molecule has 1 aliphatic carbocycles. The third-order valence-corrected chi connectivity index (χ3v) is 14.0. The van der Waals surface area contributed by atoms with Gasteiger partial charge in [0, 0.05) is 37.4 Å². The second-order valence-corrected chi connectivity index (χ2v) is 17.1. The summed E-state index contributed by atoms with van der Waals surface area (Å²) < 4.78 is 7.24. The summed E-state index contributed by atoms with van der Waals surface area (Å²) in [5.74, 6) is 1.86. The van der Waals surface area contributed by atoms with E-state index in [-0.39, 0.29) is 0 Å². The van der Waals surface area contributed by atoms with E-state index in [1.165, 1.54) is 87.6 Å². The molecule has 0 bridgehead atoms. The van der Waals surface area contributed by atoms with Crippen LogP contribution in [0, 0.1) is 0 Å². The van der Waals surface area contributed by atoms with Crippen LogP contribution < -0.4 is 9.64 Å². The Morgan fingerprint density at radius 1 is 0.367 bits per heavy atom. The highest BCUT2D eigenvalue weighted by Gasteiger charge is 2.52. The molecular weight excluding hydrogens is 747 g/mol. The molecule has 0 saturated heterocycles. The fraction of sp³-hybridized carbons (Fsp3) is 0.0175. The average Bonchev–Trinajstić information content (AvgIpc) is 3.60. The van der Waals surface area contributed by atoms with Crippen molar-refractivity contribution in [2.45, 2.75) is 15.2 Å². The van der Waals surface area contributed by atoms with E-state index in [2.05, 4.69) is 217 Å². The molecule has 2 nitrogen and oxygen atoms in total. The third kappa shape index (κ3) is 4.72. The quantitative estimate of drug-likeness (QED) is 0.177. The number of anilines is 3. The van der Waals surface area contributed by atoms with Gasteiger partial charge in [0.25, 0.3) is 0 Å². The maximum atomic E-state index is 7.24. The van der Waals surface area contributed by atoms with Gasteiger partial charge in [0.15, 0.2) is 0 Å². The first kappa shape index (κ1) is 33.6. The first-order chi connectivity index (χ1) is 29.7. The van der Waals surface area contributed by atoms with Crippen molar-refractivity contribution < 1.29 is 4.74 Å². The van der Waals surface area contributed by atoms with Crippen LogP contribution in [-0.2, 0) is 5.41 Å². The molecule has 0 N–H and O–H groups in total. The van der Waals surface area contributed by atoms with Crippen LogP contribution in [0.4, 0.5) is 17.1 Å². The third-order valence-electron chi connectivity index (χ3n) is 12.9. The number of hydrogen-bond donors (Lipinski definition) is 0. The first-order valence-corrected chi connectivity index (χ1v) is 21.4. The number of rotatable bonds is 3. The van der Waals surface area contributed by atoms with Gasteiger partial charge in [-0.1, -0.05) is 188 Å². The topological polar surface area (TPSA) is 12.5 Å². The summed E-state index contributed by atoms with van der Waals surface area (Å²) in [4.78, 5) is 4.95. The minimum Gasteiger partial charge on any atom is -0.455 e. The van der Waals surface area contributed by atoms with Crippen LogP contribution in [0.3, 0.4) is 0 Å². The molecule has 0 radical (unpaired) electrons. The van der Waals surface area contributed by atoms with Gasteiger partial charge in [-0.25, -0.2) is 0 Å². The summed E-state index contributed by atoms with van der Waals surface area (Å²) in [5.41, 5.74) is 15.1. The van der Waals surface area contributed by atoms with Crippen LogP contribution in [0.1, 0.15) is 22.3 Å². The molecule has 0 unspecified atom stereocenters. The lowest BCUT2D eigenvalue weighted by atomic mass is 9.65. The Balaban J connectivity index is 1.09. The molecule has 0 aromatic heterocycles. The Kier molecular flexibility index (Phi) is 7.19. The minimum absolute atomic E-state index is 0.635. The van der Waals surface area contributed by atoms with Crippen LogP contribution in [0.15, 0.2) is 222 Å². The van der Waals surface area contributed by atoms with Crippen molar-refractivity contribution in [1.82, 2.24) is 0 Å². The molecule has 1 spiro atoms. The van der Waals surface area contributed by atoms with E-state index in [1.807, 2.05) is 11.8 Å². The molecule has 0 atom stereocenters. The Bertz CT molecular complexity index is 3220. The summed E-state index contributed by atoms with van der Waals surface area (Å²) in [6.45, 7) is 0. The number of benzene rings is 10. The molecule has 10 aromatic rings. The molecule has 2 aliphatic heterocycles. The fourth-order valence-electron chi connectivity index (χ4n) is 10.2. The maximum absolute atomic E-state index is 7.24. The average molecular weight is 782 g/mol. The Hall–Kier alpha value is -7.33. The normalized spacial score (nSPS) is 13.8. The molecule has 60 heavy (non-hydrogen) atoms. The summed E-state index contributed by atoms with van der Waals surface area (Å²) >= 11 is 1.86. The zero-order chi connectivity index (χ0) is 39.4. The zero-order valence-electron chi connectivity index (χ0n) is 32.5. The van der Waals surface area contributed by atoms with Gasteiger partial charge >= 0.3 is 0 Å². The molecular formula is C57H35NOS. The largest absolute Gasteiger partial charge is 0.455 e. The van der Waals surface area contributed by atoms with E-state index >= 15 is 0 Å². The summed E-state index contributed by atoms with van der Waals surface area (Å²) in [6, 6.07) is 78.0. The molecule has 0 fully saturated rings. The lowest BCUT2D eigenvalue weighted by Crippen LogP contribution is -2.32. The summed E-state index contributed by atoms with van der Waals surface area (Å²) in [7, 11) is 0. The molecule has 3 heteroatoms. The van der Waals surface area contributed by atoms with Crippen molar-refractivity contribution in [3.05, 3.63) is 235 Å². The molecule has 280 valence electrons. The Labute approximate surface area is 353 Å². The van der Waals surface area contributed by atoms with Crippen LogP contribution in [-0.4, -0.2) is 0 Å². The van der Waals surface area contributed by atoms with Gasteiger partial charge in [0.05, 0.1) is 16.8 Å². The Morgan fingerprint density at radius 3 is 1.48 bits per heavy atom. The van der Waals surface area contributed by atoms with E-state index in [0.717, 1.165) is 28.0 Å². The smallest absolute Gasteiger partial charge is 0.140 e. The molecule has 13 rings (SSSR count). The van der Waals surface area contributed by atoms with Gasteiger partial charge in [0.1, 0.15) is 11.5 Å².